The molecule has 2 aromatic rings. The van der Waals surface area contributed by atoms with Crippen LogP contribution in [-0.2, 0) is 4.79 Å². The smallest absolute Gasteiger partial charge is 0.267 e. The molecule has 0 bridgehead atoms. The highest BCUT2D eigenvalue weighted by atomic mass is 35.5. The molecule has 0 aliphatic carbocycles. The molecule has 0 heterocycles. The molecule has 0 saturated heterocycles. The van der Waals surface area contributed by atoms with E-state index in [0.717, 1.165) is 0 Å². The molecule has 0 saturated carbocycles. The zero-order valence-electron chi connectivity index (χ0n) is 15.0. The van der Waals surface area contributed by atoms with Crippen molar-refractivity contribution in [2.75, 3.05) is 32.0 Å². The molecule has 27 heavy (non-hydrogen) atoms. The Kier molecular flexibility index (Phi) is 6.92. The lowest BCUT2D eigenvalue weighted by atomic mass is 10.2. The standard InChI is InChI=1S/C19H18ClN3O4/c1-25-16-6-4-13(20)8-15(16)23-19(24)12(10-21)11-22-14-5-7-17(26-2)18(9-14)27-3/h4-9,11,22H,1-3H3,(H,23,24)/b12-11-. The van der Waals surface area contributed by atoms with Gasteiger partial charge in [-0.1, -0.05) is 11.6 Å². The molecule has 0 spiro atoms. The highest BCUT2D eigenvalue weighted by Gasteiger charge is 2.13. The summed E-state index contributed by atoms with van der Waals surface area (Å²) in [5.41, 5.74) is 0.850. The molecule has 7 nitrogen and oxygen atoms in total. The number of nitrogens with zero attached hydrogens (tertiary/aromatic N) is 1. The molecule has 0 aromatic heterocycles. The van der Waals surface area contributed by atoms with Crippen LogP contribution in [-0.4, -0.2) is 27.2 Å². The van der Waals surface area contributed by atoms with E-state index in [1.54, 1.807) is 30.3 Å². The number of benzene rings is 2. The summed E-state index contributed by atoms with van der Waals surface area (Å²) in [5, 5.41) is 15.2. The number of amides is 1. The summed E-state index contributed by atoms with van der Waals surface area (Å²) in [6.07, 6.45) is 1.30. The molecule has 2 rings (SSSR count). The monoisotopic (exact) mass is 387 g/mol. The van der Waals surface area contributed by atoms with Crippen LogP contribution in [0, 0.1) is 11.3 Å². The van der Waals surface area contributed by atoms with E-state index in [1.807, 2.05) is 6.07 Å². The molecule has 140 valence electrons. The molecule has 1 amide bonds. The number of nitrogens with one attached hydrogen (secondary N) is 2. The van der Waals surface area contributed by atoms with E-state index >= 15 is 0 Å². The topological polar surface area (TPSA) is 92.6 Å². The summed E-state index contributed by atoms with van der Waals surface area (Å²) in [7, 11) is 4.52. The third-order valence-electron chi connectivity index (χ3n) is 3.54. The minimum atomic E-state index is -0.606. The van der Waals surface area contributed by atoms with E-state index in [9.17, 15) is 10.1 Å². The van der Waals surface area contributed by atoms with Gasteiger partial charge in [-0.25, -0.2) is 0 Å². The molecule has 0 aliphatic heterocycles. The van der Waals surface area contributed by atoms with Crippen LogP contribution in [0.3, 0.4) is 0 Å². The van der Waals surface area contributed by atoms with Crippen molar-refractivity contribution in [2.45, 2.75) is 0 Å². The van der Waals surface area contributed by atoms with Crippen LogP contribution in [0.4, 0.5) is 11.4 Å². The summed E-state index contributed by atoms with van der Waals surface area (Å²) in [5.74, 6) is 0.907. The fourth-order valence-corrected chi connectivity index (χ4v) is 2.37. The first kappa shape index (κ1) is 19.9. The summed E-state index contributed by atoms with van der Waals surface area (Å²) in [6.45, 7) is 0. The van der Waals surface area contributed by atoms with Crippen molar-refractivity contribution >= 4 is 28.9 Å². The van der Waals surface area contributed by atoms with E-state index in [2.05, 4.69) is 10.6 Å². The molecular formula is C19H18ClN3O4. The zero-order valence-corrected chi connectivity index (χ0v) is 15.8. The highest BCUT2D eigenvalue weighted by molar-refractivity contribution is 6.31. The second-order valence-electron chi connectivity index (χ2n) is 5.18. The van der Waals surface area contributed by atoms with Crippen LogP contribution in [0.2, 0.25) is 5.02 Å². The molecule has 8 heteroatoms. The van der Waals surface area contributed by atoms with E-state index in [4.69, 9.17) is 25.8 Å². The Morgan fingerprint density at radius 2 is 1.70 bits per heavy atom. The van der Waals surface area contributed by atoms with E-state index in [1.165, 1.54) is 33.6 Å². The molecule has 0 atom stereocenters. The molecule has 0 fully saturated rings. The minimum absolute atomic E-state index is 0.133. The van der Waals surface area contributed by atoms with Crippen LogP contribution < -0.4 is 24.8 Å². The average molecular weight is 388 g/mol. The summed E-state index contributed by atoms with van der Waals surface area (Å²) < 4.78 is 15.6. The fraction of sp³-hybridized carbons (Fsp3) is 0.158. The van der Waals surface area contributed by atoms with Crippen molar-refractivity contribution in [3.63, 3.8) is 0 Å². The minimum Gasteiger partial charge on any atom is -0.495 e. The summed E-state index contributed by atoms with van der Waals surface area (Å²) >= 11 is 5.94. The first-order valence-electron chi connectivity index (χ1n) is 7.76. The zero-order chi connectivity index (χ0) is 19.8. The number of carbonyl (C=O) groups excluding carboxylic acids is 1. The Bertz CT molecular complexity index is 906. The Balaban J connectivity index is 2.18. The molecular weight excluding hydrogens is 370 g/mol. The van der Waals surface area contributed by atoms with Gasteiger partial charge in [-0.15, -0.1) is 0 Å². The van der Waals surface area contributed by atoms with E-state index in [0.29, 0.717) is 33.6 Å². The summed E-state index contributed by atoms with van der Waals surface area (Å²) in [4.78, 5) is 12.4. The van der Waals surface area contributed by atoms with Gasteiger partial charge in [-0.2, -0.15) is 5.26 Å². The number of hydrogen-bond donors (Lipinski definition) is 2. The van der Waals surface area contributed by atoms with Crippen LogP contribution in [0.5, 0.6) is 17.2 Å². The second-order valence-corrected chi connectivity index (χ2v) is 5.62. The lowest BCUT2D eigenvalue weighted by Gasteiger charge is -2.11. The molecule has 2 aromatic carbocycles. The summed E-state index contributed by atoms with van der Waals surface area (Å²) in [6, 6.07) is 11.8. The van der Waals surface area contributed by atoms with Crippen molar-refractivity contribution in [1.29, 1.82) is 5.26 Å². The normalized spacial score (nSPS) is 10.6. The van der Waals surface area contributed by atoms with Gasteiger partial charge in [0.1, 0.15) is 17.4 Å². The average Bonchev–Trinajstić information content (AvgIpc) is 2.68. The third-order valence-corrected chi connectivity index (χ3v) is 3.78. The third kappa shape index (κ3) is 5.06. The van der Waals surface area contributed by atoms with Gasteiger partial charge in [0.05, 0.1) is 27.0 Å². The van der Waals surface area contributed by atoms with Crippen LogP contribution in [0.15, 0.2) is 48.2 Å². The largest absolute Gasteiger partial charge is 0.495 e. The van der Waals surface area contributed by atoms with Crippen molar-refractivity contribution in [3.05, 3.63) is 53.2 Å². The quantitative estimate of drug-likeness (QED) is 0.554. The van der Waals surface area contributed by atoms with Gasteiger partial charge in [0, 0.05) is 23.0 Å². The number of hydrogen-bond acceptors (Lipinski definition) is 6. The fourth-order valence-electron chi connectivity index (χ4n) is 2.20. The lowest BCUT2D eigenvalue weighted by Crippen LogP contribution is -2.15. The number of ether oxygens (including phenoxy) is 3. The van der Waals surface area contributed by atoms with Crippen LogP contribution in [0.25, 0.3) is 0 Å². The predicted octanol–water partition coefficient (Wildman–Crippen LogP) is 3.82. The molecule has 0 unspecified atom stereocenters. The Hall–Kier alpha value is -3.37. The van der Waals surface area contributed by atoms with Crippen LogP contribution in [0.1, 0.15) is 0 Å². The molecule has 0 radical (unpaired) electrons. The number of rotatable bonds is 7. The van der Waals surface area contributed by atoms with Gasteiger partial charge >= 0.3 is 0 Å². The van der Waals surface area contributed by atoms with Crippen molar-refractivity contribution in [2.24, 2.45) is 0 Å². The first-order valence-corrected chi connectivity index (χ1v) is 8.14. The lowest BCUT2D eigenvalue weighted by molar-refractivity contribution is -0.112. The van der Waals surface area contributed by atoms with Gasteiger partial charge in [-0.05, 0) is 30.3 Å². The van der Waals surface area contributed by atoms with Crippen molar-refractivity contribution in [1.82, 2.24) is 0 Å². The van der Waals surface area contributed by atoms with Gasteiger partial charge in [0.25, 0.3) is 5.91 Å². The van der Waals surface area contributed by atoms with E-state index in [-0.39, 0.29) is 5.57 Å². The number of nitriles is 1. The highest BCUT2D eigenvalue weighted by Crippen LogP contribution is 2.30. The SMILES string of the molecule is COc1ccc(Cl)cc1NC(=O)/C(C#N)=C\Nc1ccc(OC)c(OC)c1. The number of methoxy groups -OCH3 is 3. The van der Waals surface area contributed by atoms with Gasteiger partial charge in [-0.3, -0.25) is 4.79 Å². The Morgan fingerprint density at radius 1 is 1.04 bits per heavy atom. The van der Waals surface area contributed by atoms with Crippen molar-refractivity contribution in [3.8, 4) is 23.3 Å². The maximum absolute atomic E-state index is 12.4. The Morgan fingerprint density at radius 3 is 2.33 bits per heavy atom. The van der Waals surface area contributed by atoms with E-state index < -0.39 is 5.91 Å². The maximum Gasteiger partial charge on any atom is 0.267 e. The first-order chi connectivity index (χ1) is 13.0. The Labute approximate surface area is 162 Å². The second kappa shape index (κ2) is 9.36. The number of halogens is 1. The number of carbonyl (C=O) groups is 1. The van der Waals surface area contributed by atoms with Crippen molar-refractivity contribution < 1.29 is 19.0 Å². The maximum atomic E-state index is 12.4. The predicted molar refractivity (Wildman–Crippen MR) is 103 cm³/mol. The van der Waals surface area contributed by atoms with Crippen LogP contribution >= 0.6 is 11.6 Å². The van der Waals surface area contributed by atoms with Gasteiger partial charge in [0.2, 0.25) is 0 Å². The van der Waals surface area contributed by atoms with Gasteiger partial charge < -0.3 is 24.8 Å². The van der Waals surface area contributed by atoms with Gasteiger partial charge in [0.15, 0.2) is 11.5 Å². The molecule has 0 aliphatic rings. The number of anilines is 2. The molecule has 2 N–H and O–H groups in total.